The average molecular weight is 456 g/mol. The molecule has 1 aromatic heterocycles. The number of carbonyl (C=O) groups excluding carboxylic acids is 2. The molecule has 3 rings (SSSR count). The van der Waals surface area contributed by atoms with Gasteiger partial charge in [0.2, 0.25) is 0 Å². The maximum Gasteiger partial charge on any atom is 0.338 e. The SMILES string of the molecule is C=CC(=O)[N+]1(C)CCN(C[C@H](Oc2cnc(C(N)=O)c(C)c2)c2ccc(C)c(F)c2)C[C@H]1C. The van der Waals surface area contributed by atoms with Crippen LogP contribution < -0.4 is 10.5 Å². The van der Waals surface area contributed by atoms with Gasteiger partial charge in [-0.05, 0) is 49.6 Å². The van der Waals surface area contributed by atoms with E-state index in [2.05, 4.69) is 16.5 Å². The normalized spacial score (nSPS) is 21.9. The number of aryl methyl sites for hydroxylation is 2. The molecule has 2 aromatic rings. The molecular weight excluding hydrogens is 423 g/mol. The van der Waals surface area contributed by atoms with E-state index in [0.717, 1.165) is 0 Å². The Kier molecular flexibility index (Phi) is 7.29. The van der Waals surface area contributed by atoms with Crippen LogP contribution >= 0.6 is 0 Å². The molecule has 1 aliphatic heterocycles. The second-order valence-electron chi connectivity index (χ2n) is 8.96. The third kappa shape index (κ3) is 5.29. The number of piperazine rings is 1. The van der Waals surface area contributed by atoms with Gasteiger partial charge in [0.25, 0.3) is 5.91 Å². The molecule has 1 aromatic carbocycles. The Bertz CT molecular complexity index is 1070. The van der Waals surface area contributed by atoms with Gasteiger partial charge < -0.3 is 10.5 Å². The molecule has 7 nitrogen and oxygen atoms in total. The van der Waals surface area contributed by atoms with Crippen molar-refractivity contribution in [3.05, 3.63) is 71.3 Å². The smallest absolute Gasteiger partial charge is 0.338 e. The van der Waals surface area contributed by atoms with Crippen LogP contribution in [0.1, 0.15) is 40.2 Å². The highest BCUT2D eigenvalue weighted by Crippen LogP contribution is 2.27. The number of halogens is 1. The van der Waals surface area contributed by atoms with E-state index in [1.165, 1.54) is 18.3 Å². The van der Waals surface area contributed by atoms with Gasteiger partial charge >= 0.3 is 5.91 Å². The lowest BCUT2D eigenvalue weighted by Gasteiger charge is -2.45. The van der Waals surface area contributed by atoms with E-state index in [1.807, 2.05) is 20.0 Å². The van der Waals surface area contributed by atoms with E-state index in [0.29, 0.717) is 53.1 Å². The summed E-state index contributed by atoms with van der Waals surface area (Å²) in [6, 6.07) is 6.86. The van der Waals surface area contributed by atoms with Gasteiger partial charge in [0, 0.05) is 19.2 Å². The van der Waals surface area contributed by atoms with Gasteiger partial charge in [0.1, 0.15) is 29.4 Å². The van der Waals surface area contributed by atoms with Crippen LogP contribution in [0.2, 0.25) is 0 Å². The van der Waals surface area contributed by atoms with Crippen molar-refractivity contribution in [3.8, 4) is 5.75 Å². The summed E-state index contributed by atoms with van der Waals surface area (Å²) in [5.41, 5.74) is 7.41. The molecule has 1 saturated heterocycles. The van der Waals surface area contributed by atoms with Crippen molar-refractivity contribution in [3.63, 3.8) is 0 Å². The minimum Gasteiger partial charge on any atom is -0.483 e. The fourth-order valence-corrected chi connectivity index (χ4v) is 4.21. The van der Waals surface area contributed by atoms with Crippen LogP contribution in [0.4, 0.5) is 4.39 Å². The Morgan fingerprint density at radius 1 is 1.36 bits per heavy atom. The monoisotopic (exact) mass is 455 g/mol. The number of hydrogen-bond acceptors (Lipinski definition) is 5. The van der Waals surface area contributed by atoms with E-state index < -0.39 is 12.0 Å². The molecule has 176 valence electrons. The number of quaternary nitrogens is 1. The molecule has 1 fully saturated rings. The average Bonchev–Trinajstić information content (AvgIpc) is 2.77. The fourth-order valence-electron chi connectivity index (χ4n) is 4.21. The van der Waals surface area contributed by atoms with Crippen molar-refractivity contribution < 1.29 is 23.2 Å². The molecule has 0 spiro atoms. The van der Waals surface area contributed by atoms with Gasteiger partial charge in [-0.2, -0.15) is 0 Å². The Balaban J connectivity index is 1.85. The molecule has 8 heteroatoms. The summed E-state index contributed by atoms with van der Waals surface area (Å²) in [5, 5.41) is 0. The van der Waals surface area contributed by atoms with E-state index in [1.54, 1.807) is 26.0 Å². The number of nitrogens with two attached hydrogens (primary N) is 1. The summed E-state index contributed by atoms with van der Waals surface area (Å²) in [6.45, 7) is 11.7. The minimum atomic E-state index is -0.603. The van der Waals surface area contributed by atoms with Gasteiger partial charge in [0.05, 0.1) is 26.3 Å². The Labute approximate surface area is 194 Å². The lowest BCUT2D eigenvalue weighted by Crippen LogP contribution is -2.65. The zero-order chi connectivity index (χ0) is 24.3. The molecule has 2 heterocycles. The highest BCUT2D eigenvalue weighted by atomic mass is 19.1. The number of carbonyl (C=O) groups is 2. The molecule has 1 unspecified atom stereocenters. The molecule has 2 N–H and O–H groups in total. The van der Waals surface area contributed by atoms with Crippen molar-refractivity contribution >= 4 is 11.8 Å². The molecule has 0 bridgehead atoms. The lowest BCUT2D eigenvalue weighted by atomic mass is 10.0. The molecular formula is C25H32FN4O3+. The van der Waals surface area contributed by atoms with Gasteiger partial charge in [-0.1, -0.05) is 18.7 Å². The first-order chi connectivity index (χ1) is 15.5. The van der Waals surface area contributed by atoms with E-state index in [4.69, 9.17) is 10.5 Å². The van der Waals surface area contributed by atoms with E-state index >= 15 is 0 Å². The predicted molar refractivity (Wildman–Crippen MR) is 124 cm³/mol. The van der Waals surface area contributed by atoms with Crippen molar-refractivity contribution in [2.75, 3.05) is 33.2 Å². The van der Waals surface area contributed by atoms with Gasteiger partial charge in [0.15, 0.2) is 0 Å². The third-order valence-corrected chi connectivity index (χ3v) is 6.61. The summed E-state index contributed by atoms with van der Waals surface area (Å²) in [5.74, 6) is -0.427. The standard InChI is InChI=1S/C25H31FN4O3/c1-6-23(31)30(5)10-9-29(14-18(30)4)15-22(19-8-7-16(2)21(26)12-19)33-20-11-17(3)24(25(27)32)28-13-20/h6-8,11-13,18,22H,1,9-10,14-15H2,2-5H3,(H-,27,32)/p+1/t18-,22+,30?/m1/s1. The zero-order valence-corrected chi connectivity index (χ0v) is 19.7. The number of aromatic nitrogens is 1. The molecule has 0 aliphatic carbocycles. The van der Waals surface area contributed by atoms with Crippen LogP contribution in [0.5, 0.6) is 5.75 Å². The van der Waals surface area contributed by atoms with E-state index in [9.17, 15) is 14.0 Å². The summed E-state index contributed by atoms with van der Waals surface area (Å²) < 4.78 is 20.9. The van der Waals surface area contributed by atoms with Crippen LogP contribution in [0.3, 0.4) is 0 Å². The Hall–Kier alpha value is -3.10. The number of hydrogen-bond donors (Lipinski definition) is 1. The quantitative estimate of drug-likeness (QED) is 0.513. The number of nitrogens with zero attached hydrogens (tertiary/aromatic N) is 3. The van der Waals surface area contributed by atoms with Gasteiger partial charge in [-0.25, -0.2) is 14.2 Å². The van der Waals surface area contributed by atoms with Crippen molar-refractivity contribution in [2.24, 2.45) is 5.73 Å². The number of benzene rings is 1. The zero-order valence-electron chi connectivity index (χ0n) is 19.7. The first-order valence-corrected chi connectivity index (χ1v) is 11.0. The number of rotatable bonds is 7. The van der Waals surface area contributed by atoms with Crippen LogP contribution in [0, 0.1) is 19.7 Å². The number of ether oxygens (including phenoxy) is 1. The van der Waals surface area contributed by atoms with Gasteiger partial charge in [-0.15, -0.1) is 0 Å². The maximum atomic E-state index is 14.4. The summed E-state index contributed by atoms with van der Waals surface area (Å²) in [7, 11) is 1.93. The topological polar surface area (TPSA) is 85.5 Å². The second-order valence-corrected chi connectivity index (χ2v) is 8.96. The highest BCUT2D eigenvalue weighted by Gasteiger charge is 2.41. The van der Waals surface area contributed by atoms with Crippen molar-refractivity contribution in [1.82, 2.24) is 9.88 Å². The number of pyridine rings is 1. The maximum absolute atomic E-state index is 14.4. The highest BCUT2D eigenvalue weighted by molar-refractivity contribution is 5.92. The summed E-state index contributed by atoms with van der Waals surface area (Å²) in [4.78, 5) is 30.2. The first kappa shape index (κ1) is 24.5. The Morgan fingerprint density at radius 2 is 2.09 bits per heavy atom. The largest absolute Gasteiger partial charge is 0.483 e. The van der Waals surface area contributed by atoms with Gasteiger partial charge in [-0.3, -0.25) is 14.2 Å². The van der Waals surface area contributed by atoms with Crippen LogP contribution in [0.15, 0.2) is 43.1 Å². The van der Waals surface area contributed by atoms with Crippen LogP contribution in [-0.4, -0.2) is 65.4 Å². The first-order valence-electron chi connectivity index (χ1n) is 11.0. The molecule has 33 heavy (non-hydrogen) atoms. The molecule has 2 amide bonds. The second kappa shape index (κ2) is 9.80. The number of likely N-dealkylation sites (N-methyl/N-ethyl adjacent to an activating group) is 1. The van der Waals surface area contributed by atoms with Crippen molar-refractivity contribution in [1.29, 1.82) is 0 Å². The Morgan fingerprint density at radius 3 is 2.67 bits per heavy atom. The third-order valence-electron chi connectivity index (χ3n) is 6.61. The number of amides is 2. The minimum absolute atomic E-state index is 0.00615. The predicted octanol–water partition coefficient (Wildman–Crippen LogP) is 2.92. The molecule has 0 radical (unpaired) electrons. The van der Waals surface area contributed by atoms with E-state index in [-0.39, 0.29) is 23.5 Å². The molecule has 1 aliphatic rings. The van der Waals surface area contributed by atoms with Crippen molar-refractivity contribution in [2.45, 2.75) is 32.9 Å². The molecule has 3 atom stereocenters. The lowest BCUT2D eigenvalue weighted by molar-refractivity contribution is -0.861. The summed E-state index contributed by atoms with van der Waals surface area (Å²) in [6.07, 6.45) is 2.37. The summed E-state index contributed by atoms with van der Waals surface area (Å²) >= 11 is 0. The van der Waals surface area contributed by atoms with Crippen LogP contribution in [0.25, 0.3) is 0 Å². The fraction of sp³-hybridized carbons (Fsp3) is 0.400. The molecule has 0 saturated carbocycles. The van der Waals surface area contributed by atoms with Crippen LogP contribution in [-0.2, 0) is 4.79 Å². The number of primary amides is 1.